The van der Waals surface area contributed by atoms with E-state index >= 15 is 0 Å². The number of hydrogen-bond acceptors (Lipinski definition) is 3. The molecule has 1 aliphatic carbocycles. The van der Waals surface area contributed by atoms with Gasteiger partial charge in [-0.3, -0.25) is 4.90 Å². The predicted molar refractivity (Wildman–Crippen MR) is 80.1 cm³/mol. The highest BCUT2D eigenvalue weighted by Gasteiger charge is 2.28. The van der Waals surface area contributed by atoms with E-state index in [0.717, 1.165) is 18.9 Å². The number of aryl methyl sites for hydroxylation is 1. The van der Waals surface area contributed by atoms with E-state index in [-0.39, 0.29) is 0 Å². The first-order chi connectivity index (χ1) is 8.78. The van der Waals surface area contributed by atoms with Crippen molar-refractivity contribution in [3.05, 3.63) is 21.9 Å². The molecule has 0 amide bonds. The Hall–Kier alpha value is -0.380. The summed E-state index contributed by atoms with van der Waals surface area (Å²) in [5, 5.41) is 0. The molecule has 1 aliphatic rings. The van der Waals surface area contributed by atoms with E-state index in [9.17, 15) is 0 Å². The van der Waals surface area contributed by atoms with Crippen molar-refractivity contribution < 1.29 is 0 Å². The van der Waals surface area contributed by atoms with Gasteiger partial charge in [0.15, 0.2) is 0 Å². The lowest BCUT2D eigenvalue weighted by Crippen LogP contribution is -2.35. The Kier molecular flexibility index (Phi) is 5.22. The number of nitrogens with two attached hydrogens (primary N) is 1. The summed E-state index contributed by atoms with van der Waals surface area (Å²) in [7, 11) is 0. The molecule has 1 saturated carbocycles. The topological polar surface area (TPSA) is 29.3 Å². The van der Waals surface area contributed by atoms with Crippen LogP contribution in [0.5, 0.6) is 0 Å². The molecule has 18 heavy (non-hydrogen) atoms. The summed E-state index contributed by atoms with van der Waals surface area (Å²) in [6.07, 6.45) is 5.19. The Morgan fingerprint density at radius 1 is 1.39 bits per heavy atom. The van der Waals surface area contributed by atoms with Crippen molar-refractivity contribution >= 4 is 11.3 Å². The number of thiophene rings is 1. The second kappa shape index (κ2) is 6.69. The van der Waals surface area contributed by atoms with Crippen molar-refractivity contribution in [3.8, 4) is 0 Å². The second-order valence-electron chi connectivity index (χ2n) is 5.35. The molecule has 1 atom stereocenters. The van der Waals surface area contributed by atoms with Crippen molar-refractivity contribution in [3.63, 3.8) is 0 Å². The minimum Gasteiger partial charge on any atom is -0.329 e. The normalized spacial score (nSPS) is 17.3. The summed E-state index contributed by atoms with van der Waals surface area (Å²) in [6.45, 7) is 7.66. The molecular formula is C15H26N2S. The molecule has 1 fully saturated rings. The van der Waals surface area contributed by atoms with Crippen LogP contribution in [0.4, 0.5) is 0 Å². The molecule has 2 N–H and O–H groups in total. The fourth-order valence-electron chi connectivity index (χ4n) is 2.50. The van der Waals surface area contributed by atoms with E-state index in [1.54, 1.807) is 0 Å². The maximum Gasteiger partial charge on any atom is 0.0564 e. The quantitative estimate of drug-likeness (QED) is 0.781. The summed E-state index contributed by atoms with van der Waals surface area (Å²) in [5.74, 6) is 0.941. The molecule has 1 heterocycles. The third kappa shape index (κ3) is 3.56. The Bertz CT molecular complexity index is 357. The van der Waals surface area contributed by atoms with Crippen molar-refractivity contribution in [1.29, 1.82) is 0 Å². The van der Waals surface area contributed by atoms with Crippen molar-refractivity contribution in [2.45, 2.75) is 45.6 Å². The van der Waals surface area contributed by atoms with Crippen LogP contribution in [0.2, 0.25) is 0 Å². The summed E-state index contributed by atoms with van der Waals surface area (Å²) in [4.78, 5) is 5.55. The molecule has 0 spiro atoms. The van der Waals surface area contributed by atoms with Crippen LogP contribution in [0.3, 0.4) is 0 Å². The molecule has 1 unspecified atom stereocenters. The van der Waals surface area contributed by atoms with Crippen LogP contribution in [-0.2, 0) is 6.42 Å². The predicted octanol–water partition coefficient (Wildman–Crippen LogP) is 3.43. The van der Waals surface area contributed by atoms with Gasteiger partial charge in [-0.15, -0.1) is 11.3 Å². The highest BCUT2D eigenvalue weighted by Crippen LogP contribution is 2.34. The Morgan fingerprint density at radius 3 is 2.67 bits per heavy atom. The van der Waals surface area contributed by atoms with Crippen molar-refractivity contribution in [2.24, 2.45) is 11.7 Å². The van der Waals surface area contributed by atoms with Gasteiger partial charge in [0, 0.05) is 22.8 Å². The second-order valence-corrected chi connectivity index (χ2v) is 6.55. The van der Waals surface area contributed by atoms with E-state index in [1.165, 1.54) is 42.1 Å². The standard InChI is InChI=1S/C15H26N2S/c1-3-9-17(11-12-5-6-12)14(10-16)15-8-7-13(4-2)18-15/h7-8,12,14H,3-6,9-11,16H2,1-2H3. The zero-order valence-electron chi connectivity index (χ0n) is 11.7. The lowest BCUT2D eigenvalue weighted by molar-refractivity contribution is 0.196. The van der Waals surface area contributed by atoms with Crippen LogP contribution >= 0.6 is 11.3 Å². The van der Waals surface area contributed by atoms with E-state index in [2.05, 4.69) is 30.9 Å². The third-order valence-electron chi connectivity index (χ3n) is 3.72. The molecule has 2 nitrogen and oxygen atoms in total. The largest absolute Gasteiger partial charge is 0.329 e. The highest BCUT2D eigenvalue weighted by atomic mass is 32.1. The molecule has 1 aromatic rings. The molecule has 0 saturated heterocycles. The zero-order valence-corrected chi connectivity index (χ0v) is 12.5. The van der Waals surface area contributed by atoms with Crippen LogP contribution in [0.15, 0.2) is 12.1 Å². The van der Waals surface area contributed by atoms with Crippen LogP contribution in [0, 0.1) is 5.92 Å². The fraction of sp³-hybridized carbons (Fsp3) is 0.733. The van der Waals surface area contributed by atoms with E-state index in [4.69, 9.17) is 5.73 Å². The average molecular weight is 266 g/mol. The lowest BCUT2D eigenvalue weighted by Gasteiger charge is -2.30. The number of nitrogens with zero attached hydrogens (tertiary/aromatic N) is 1. The summed E-state index contributed by atoms with van der Waals surface area (Å²) in [5.41, 5.74) is 6.05. The molecule has 3 heteroatoms. The summed E-state index contributed by atoms with van der Waals surface area (Å²) < 4.78 is 0. The van der Waals surface area contributed by atoms with Crippen LogP contribution in [0.25, 0.3) is 0 Å². The Balaban J connectivity index is 2.07. The molecule has 0 bridgehead atoms. The van der Waals surface area contributed by atoms with Gasteiger partial charge in [-0.25, -0.2) is 0 Å². The molecule has 0 radical (unpaired) electrons. The minimum absolute atomic E-state index is 0.441. The van der Waals surface area contributed by atoms with E-state index < -0.39 is 0 Å². The first-order valence-corrected chi connectivity index (χ1v) is 8.12. The van der Waals surface area contributed by atoms with Crippen molar-refractivity contribution in [1.82, 2.24) is 4.90 Å². The summed E-state index contributed by atoms with van der Waals surface area (Å²) >= 11 is 1.95. The monoisotopic (exact) mass is 266 g/mol. The molecular weight excluding hydrogens is 240 g/mol. The first kappa shape index (κ1) is 14.0. The molecule has 0 aromatic carbocycles. The van der Waals surface area contributed by atoms with Gasteiger partial charge >= 0.3 is 0 Å². The molecule has 102 valence electrons. The molecule has 2 rings (SSSR count). The Morgan fingerprint density at radius 2 is 2.17 bits per heavy atom. The van der Waals surface area contributed by atoms with Crippen LogP contribution < -0.4 is 5.73 Å². The van der Waals surface area contributed by atoms with E-state index in [1.807, 2.05) is 11.3 Å². The number of rotatable bonds is 8. The fourth-order valence-corrected chi connectivity index (χ4v) is 3.60. The highest BCUT2D eigenvalue weighted by molar-refractivity contribution is 7.12. The van der Waals surface area contributed by atoms with Gasteiger partial charge in [0.1, 0.15) is 0 Å². The van der Waals surface area contributed by atoms with Gasteiger partial charge in [-0.2, -0.15) is 0 Å². The minimum atomic E-state index is 0.441. The smallest absolute Gasteiger partial charge is 0.0564 e. The third-order valence-corrected chi connectivity index (χ3v) is 5.05. The molecule has 0 aliphatic heterocycles. The summed E-state index contributed by atoms with van der Waals surface area (Å²) in [6, 6.07) is 5.00. The van der Waals surface area contributed by atoms with E-state index in [0.29, 0.717) is 6.04 Å². The van der Waals surface area contributed by atoms with Crippen molar-refractivity contribution in [2.75, 3.05) is 19.6 Å². The first-order valence-electron chi connectivity index (χ1n) is 7.31. The average Bonchev–Trinajstić information content (AvgIpc) is 3.06. The van der Waals surface area contributed by atoms with Gasteiger partial charge in [0.25, 0.3) is 0 Å². The number of hydrogen-bond donors (Lipinski definition) is 1. The molecule has 1 aromatic heterocycles. The van der Waals surface area contributed by atoms with Crippen LogP contribution in [0.1, 0.15) is 48.9 Å². The maximum absolute atomic E-state index is 6.05. The van der Waals surface area contributed by atoms with Gasteiger partial charge < -0.3 is 5.73 Å². The van der Waals surface area contributed by atoms with Gasteiger partial charge in [-0.1, -0.05) is 13.8 Å². The maximum atomic E-state index is 6.05. The van der Waals surface area contributed by atoms with Gasteiger partial charge in [0.05, 0.1) is 6.04 Å². The van der Waals surface area contributed by atoms with Gasteiger partial charge in [0.2, 0.25) is 0 Å². The Labute approximate surface area is 115 Å². The van der Waals surface area contributed by atoms with Crippen LogP contribution in [-0.4, -0.2) is 24.5 Å². The lowest BCUT2D eigenvalue weighted by atomic mass is 10.1. The van der Waals surface area contributed by atoms with Gasteiger partial charge in [-0.05, 0) is 50.3 Å². The zero-order chi connectivity index (χ0) is 13.0. The SMILES string of the molecule is CCCN(CC1CC1)C(CN)c1ccc(CC)s1.